The van der Waals surface area contributed by atoms with Gasteiger partial charge >= 0.3 is 0 Å². The van der Waals surface area contributed by atoms with Gasteiger partial charge in [0.15, 0.2) is 0 Å². The lowest BCUT2D eigenvalue weighted by Crippen LogP contribution is -2.25. The van der Waals surface area contributed by atoms with Crippen LogP contribution in [0.2, 0.25) is 0 Å². The van der Waals surface area contributed by atoms with E-state index in [4.69, 9.17) is 14.5 Å². The van der Waals surface area contributed by atoms with Crippen LogP contribution in [-0.4, -0.2) is 54.3 Å². The smallest absolute Gasteiger partial charge is 0.129 e. The van der Waals surface area contributed by atoms with E-state index in [2.05, 4.69) is 22.0 Å². The summed E-state index contributed by atoms with van der Waals surface area (Å²) in [6, 6.07) is 10.2. The average molecular weight is 367 g/mol. The summed E-state index contributed by atoms with van der Waals surface area (Å²) in [5, 5.41) is 10.1. The first-order valence-electron chi connectivity index (χ1n) is 9.32. The van der Waals surface area contributed by atoms with Gasteiger partial charge in [0.2, 0.25) is 0 Å². The molecule has 2 atom stereocenters. The predicted octanol–water partition coefficient (Wildman–Crippen LogP) is 2.42. The minimum Gasteiger partial charge on any atom is -0.491 e. The van der Waals surface area contributed by atoms with Crippen LogP contribution in [0, 0.1) is 0 Å². The lowest BCUT2D eigenvalue weighted by atomic mass is 10.0. The molecule has 0 radical (unpaired) electrons. The number of rotatable bonds is 5. The van der Waals surface area contributed by atoms with Gasteiger partial charge in [0.25, 0.3) is 0 Å². The van der Waals surface area contributed by atoms with Gasteiger partial charge in [-0.25, -0.2) is 4.98 Å². The van der Waals surface area contributed by atoms with Gasteiger partial charge < -0.3 is 19.5 Å². The van der Waals surface area contributed by atoms with Gasteiger partial charge in [0, 0.05) is 37.5 Å². The molecule has 0 saturated carbocycles. The van der Waals surface area contributed by atoms with Crippen LogP contribution in [0.5, 0.6) is 5.75 Å². The molecule has 6 heteroatoms. The Morgan fingerprint density at radius 1 is 1.19 bits per heavy atom. The lowest BCUT2D eigenvalue weighted by molar-refractivity contribution is 0.0217. The van der Waals surface area contributed by atoms with Crippen LogP contribution in [0.25, 0.3) is 0 Å². The van der Waals surface area contributed by atoms with E-state index >= 15 is 0 Å². The molecule has 2 aliphatic heterocycles. The number of aliphatic hydroxyl groups is 1. The van der Waals surface area contributed by atoms with Crippen molar-refractivity contribution >= 4 is 11.5 Å². The van der Waals surface area contributed by atoms with Crippen LogP contribution in [-0.2, 0) is 11.3 Å². The molecule has 142 valence electrons. The average Bonchev–Trinajstić information content (AvgIpc) is 3.24. The Morgan fingerprint density at radius 2 is 2.04 bits per heavy atom. The van der Waals surface area contributed by atoms with E-state index in [9.17, 15) is 5.11 Å². The Kier molecular flexibility index (Phi) is 4.85. The van der Waals surface area contributed by atoms with Crippen molar-refractivity contribution in [1.82, 2.24) is 4.98 Å². The summed E-state index contributed by atoms with van der Waals surface area (Å²) >= 11 is 0. The number of ether oxygens (including phenoxy) is 2. The van der Waals surface area contributed by atoms with Crippen molar-refractivity contribution in [1.29, 1.82) is 0 Å². The molecule has 0 spiro atoms. The van der Waals surface area contributed by atoms with Crippen LogP contribution >= 0.6 is 0 Å². The fourth-order valence-corrected chi connectivity index (χ4v) is 3.67. The number of aliphatic imine (C=N–C) groups is 1. The zero-order valence-corrected chi connectivity index (χ0v) is 15.9. The Hall–Kier alpha value is -2.44. The monoisotopic (exact) mass is 367 g/mol. The normalized spacial score (nSPS) is 21.5. The third-order valence-electron chi connectivity index (χ3n) is 5.00. The zero-order valence-electron chi connectivity index (χ0n) is 15.9. The standard InChI is InChI=1S/C21H25N3O3/c1-13(2)27-16-5-4-15-10-23-21(17(15)9-16)14-6-7-22-20(8-14)24-11-18(25)19(12-24)26-3/h4-9,13,18-19,25H,10-12H2,1-3H3/t18-,19-/m0/s1. The molecular weight excluding hydrogens is 342 g/mol. The summed E-state index contributed by atoms with van der Waals surface area (Å²) < 4.78 is 11.2. The fraction of sp³-hybridized carbons (Fsp3) is 0.429. The van der Waals surface area contributed by atoms with Crippen LogP contribution in [0.3, 0.4) is 0 Å². The molecule has 1 aromatic carbocycles. The highest BCUT2D eigenvalue weighted by molar-refractivity contribution is 6.15. The number of methoxy groups -OCH3 is 1. The minimum atomic E-state index is -0.499. The van der Waals surface area contributed by atoms with E-state index in [1.165, 1.54) is 5.56 Å². The molecule has 1 saturated heterocycles. The second kappa shape index (κ2) is 7.29. The summed E-state index contributed by atoms with van der Waals surface area (Å²) in [7, 11) is 1.63. The van der Waals surface area contributed by atoms with Crippen molar-refractivity contribution in [3.63, 3.8) is 0 Å². The Morgan fingerprint density at radius 3 is 2.78 bits per heavy atom. The number of β-amino-alcohol motifs (C(OH)–C–C–N with tert-alkyl or cyclic N) is 1. The summed E-state index contributed by atoms with van der Waals surface area (Å²) in [6.07, 6.45) is 1.25. The SMILES string of the molecule is CO[C@H]1CN(c2cc(C3=NCc4ccc(OC(C)C)cc43)ccn2)C[C@@H]1O. The third kappa shape index (κ3) is 3.55. The van der Waals surface area contributed by atoms with Gasteiger partial charge in [-0.15, -0.1) is 0 Å². The quantitative estimate of drug-likeness (QED) is 0.879. The highest BCUT2D eigenvalue weighted by Gasteiger charge is 2.32. The summed E-state index contributed by atoms with van der Waals surface area (Å²) in [4.78, 5) is 11.3. The number of benzene rings is 1. The molecule has 3 heterocycles. The maximum absolute atomic E-state index is 10.1. The van der Waals surface area contributed by atoms with Crippen molar-refractivity contribution in [2.24, 2.45) is 4.99 Å². The van der Waals surface area contributed by atoms with Gasteiger partial charge in [0.1, 0.15) is 17.7 Å². The number of aromatic nitrogens is 1. The lowest BCUT2D eigenvalue weighted by Gasteiger charge is -2.17. The molecule has 2 aromatic rings. The van der Waals surface area contributed by atoms with Crippen molar-refractivity contribution < 1.29 is 14.6 Å². The molecule has 0 unspecified atom stereocenters. The Labute approximate surface area is 159 Å². The van der Waals surface area contributed by atoms with Gasteiger partial charge in [-0.3, -0.25) is 4.99 Å². The maximum atomic E-state index is 10.1. The van der Waals surface area contributed by atoms with Gasteiger partial charge in [-0.1, -0.05) is 6.07 Å². The first kappa shape index (κ1) is 17.9. The summed E-state index contributed by atoms with van der Waals surface area (Å²) in [6.45, 7) is 5.87. The molecule has 1 N–H and O–H groups in total. The minimum absolute atomic E-state index is 0.132. The summed E-state index contributed by atoms with van der Waals surface area (Å²) in [5.41, 5.74) is 4.30. The molecule has 2 aliphatic rings. The number of aliphatic hydroxyl groups excluding tert-OH is 1. The number of fused-ring (bicyclic) bond motifs is 1. The second-order valence-corrected chi connectivity index (χ2v) is 7.30. The molecule has 0 amide bonds. The number of hydrogen-bond donors (Lipinski definition) is 1. The topological polar surface area (TPSA) is 67.2 Å². The molecule has 27 heavy (non-hydrogen) atoms. The number of anilines is 1. The van der Waals surface area contributed by atoms with E-state index < -0.39 is 6.10 Å². The van der Waals surface area contributed by atoms with E-state index in [0.29, 0.717) is 19.6 Å². The molecule has 1 fully saturated rings. The molecule has 0 bridgehead atoms. The van der Waals surface area contributed by atoms with Crippen LogP contribution < -0.4 is 9.64 Å². The van der Waals surface area contributed by atoms with Gasteiger partial charge in [-0.2, -0.15) is 0 Å². The van der Waals surface area contributed by atoms with Gasteiger partial charge in [0.05, 0.1) is 24.5 Å². The zero-order chi connectivity index (χ0) is 19.0. The van der Waals surface area contributed by atoms with Crippen molar-refractivity contribution in [2.45, 2.75) is 38.7 Å². The molecule has 6 nitrogen and oxygen atoms in total. The molecular formula is C21H25N3O3. The number of pyridine rings is 1. The predicted molar refractivity (Wildman–Crippen MR) is 105 cm³/mol. The van der Waals surface area contributed by atoms with E-state index in [0.717, 1.165) is 28.4 Å². The number of hydrogen-bond acceptors (Lipinski definition) is 6. The first-order valence-corrected chi connectivity index (χ1v) is 9.32. The largest absolute Gasteiger partial charge is 0.491 e. The molecule has 4 rings (SSSR count). The highest BCUT2D eigenvalue weighted by atomic mass is 16.5. The van der Waals surface area contributed by atoms with E-state index in [-0.39, 0.29) is 12.2 Å². The van der Waals surface area contributed by atoms with Crippen molar-refractivity contribution in [3.05, 3.63) is 53.2 Å². The van der Waals surface area contributed by atoms with E-state index in [1.54, 1.807) is 13.3 Å². The van der Waals surface area contributed by atoms with E-state index in [1.807, 2.05) is 32.0 Å². The number of nitrogens with zero attached hydrogens (tertiary/aromatic N) is 3. The molecule has 0 aliphatic carbocycles. The third-order valence-corrected chi connectivity index (χ3v) is 5.00. The molecule has 1 aromatic heterocycles. The van der Waals surface area contributed by atoms with Crippen molar-refractivity contribution in [3.8, 4) is 5.75 Å². The van der Waals surface area contributed by atoms with Crippen LogP contribution in [0.4, 0.5) is 5.82 Å². The Balaban J connectivity index is 1.61. The van der Waals surface area contributed by atoms with Crippen molar-refractivity contribution in [2.75, 3.05) is 25.1 Å². The first-order chi connectivity index (χ1) is 13.0. The Bertz CT molecular complexity index is 866. The fourth-order valence-electron chi connectivity index (χ4n) is 3.67. The van der Waals surface area contributed by atoms with Gasteiger partial charge in [-0.05, 0) is 43.7 Å². The maximum Gasteiger partial charge on any atom is 0.129 e. The van der Waals surface area contributed by atoms with Crippen LogP contribution in [0.15, 0.2) is 41.5 Å². The second-order valence-electron chi connectivity index (χ2n) is 7.30. The summed E-state index contributed by atoms with van der Waals surface area (Å²) in [5.74, 6) is 1.69. The van der Waals surface area contributed by atoms with Crippen LogP contribution in [0.1, 0.15) is 30.5 Å². The highest BCUT2D eigenvalue weighted by Crippen LogP contribution is 2.29.